The molecular formula is C29H32F2N4O3. The third-order valence-electron chi connectivity index (χ3n) is 7.30. The molecule has 2 aromatic carbocycles. The van der Waals surface area contributed by atoms with Crippen LogP contribution >= 0.6 is 0 Å². The number of aliphatic hydroxyl groups is 1. The van der Waals surface area contributed by atoms with Crippen LogP contribution in [0.4, 0.5) is 14.5 Å². The fourth-order valence-corrected chi connectivity index (χ4v) is 5.50. The highest BCUT2D eigenvalue weighted by atomic mass is 19.1. The molecule has 0 radical (unpaired) electrons. The van der Waals surface area contributed by atoms with E-state index in [1.807, 2.05) is 30.9 Å². The van der Waals surface area contributed by atoms with Gasteiger partial charge in [0.15, 0.2) is 17.4 Å². The summed E-state index contributed by atoms with van der Waals surface area (Å²) in [6, 6.07) is 9.15. The van der Waals surface area contributed by atoms with E-state index in [1.165, 1.54) is 6.07 Å². The SMILES string of the molecule is CC(C)N1CCOc2c(F)cc(-c3nc(Cc4ccc5c(c4)CN(C(=O)CO)CC5(C)C)ncc3F)cc21. The summed E-state index contributed by atoms with van der Waals surface area (Å²) >= 11 is 0. The Morgan fingerprint density at radius 2 is 1.97 bits per heavy atom. The first kappa shape index (κ1) is 26.0. The molecular weight excluding hydrogens is 490 g/mol. The van der Waals surface area contributed by atoms with Gasteiger partial charge in [-0.2, -0.15) is 0 Å². The van der Waals surface area contributed by atoms with E-state index in [2.05, 4.69) is 29.9 Å². The molecule has 2 aliphatic heterocycles. The largest absolute Gasteiger partial charge is 0.486 e. The van der Waals surface area contributed by atoms with Gasteiger partial charge in [0.05, 0.1) is 18.4 Å². The first-order chi connectivity index (χ1) is 18.1. The summed E-state index contributed by atoms with van der Waals surface area (Å²) in [5.41, 5.74) is 3.72. The summed E-state index contributed by atoms with van der Waals surface area (Å²) in [5.74, 6) is -0.920. The second kappa shape index (κ2) is 9.94. The Bertz CT molecular complexity index is 1390. The normalized spacial score (nSPS) is 16.2. The molecule has 7 nitrogen and oxygen atoms in total. The number of hydrogen-bond acceptors (Lipinski definition) is 6. The molecule has 0 saturated heterocycles. The van der Waals surface area contributed by atoms with E-state index in [1.54, 1.807) is 11.0 Å². The van der Waals surface area contributed by atoms with E-state index in [-0.39, 0.29) is 28.8 Å². The Morgan fingerprint density at radius 1 is 1.18 bits per heavy atom. The Morgan fingerprint density at radius 3 is 2.71 bits per heavy atom. The van der Waals surface area contributed by atoms with E-state index in [4.69, 9.17) is 4.74 Å². The highest BCUT2D eigenvalue weighted by molar-refractivity contribution is 5.78. The monoisotopic (exact) mass is 522 g/mol. The van der Waals surface area contributed by atoms with Crippen molar-refractivity contribution in [2.45, 2.75) is 52.1 Å². The van der Waals surface area contributed by atoms with E-state index in [9.17, 15) is 14.3 Å². The third kappa shape index (κ3) is 4.82. The predicted molar refractivity (Wildman–Crippen MR) is 140 cm³/mol. The molecule has 1 amide bonds. The average Bonchev–Trinajstić information content (AvgIpc) is 2.88. The zero-order valence-corrected chi connectivity index (χ0v) is 22.1. The van der Waals surface area contributed by atoms with Crippen molar-refractivity contribution in [1.29, 1.82) is 0 Å². The zero-order chi connectivity index (χ0) is 27.2. The van der Waals surface area contributed by atoms with Crippen molar-refractivity contribution in [3.05, 3.63) is 70.7 Å². The van der Waals surface area contributed by atoms with Gasteiger partial charge in [0.1, 0.15) is 24.7 Å². The molecule has 38 heavy (non-hydrogen) atoms. The number of carbonyl (C=O) groups is 1. The lowest BCUT2D eigenvalue weighted by Gasteiger charge is -2.40. The summed E-state index contributed by atoms with van der Waals surface area (Å²) in [5, 5.41) is 9.35. The Kier molecular flexibility index (Phi) is 6.81. The summed E-state index contributed by atoms with van der Waals surface area (Å²) < 4.78 is 35.5. The highest BCUT2D eigenvalue weighted by Gasteiger charge is 2.33. The van der Waals surface area contributed by atoms with Crippen molar-refractivity contribution in [1.82, 2.24) is 14.9 Å². The van der Waals surface area contributed by atoms with Crippen LogP contribution in [0.3, 0.4) is 0 Å². The number of fused-ring (bicyclic) bond motifs is 2. The smallest absolute Gasteiger partial charge is 0.248 e. The van der Waals surface area contributed by atoms with E-state index in [0.29, 0.717) is 49.7 Å². The number of anilines is 1. The van der Waals surface area contributed by atoms with Crippen LogP contribution in [0.25, 0.3) is 11.3 Å². The number of ether oxygens (including phenoxy) is 1. The summed E-state index contributed by atoms with van der Waals surface area (Å²) in [6.45, 7) is 9.58. The van der Waals surface area contributed by atoms with Crippen molar-refractivity contribution in [3.8, 4) is 17.0 Å². The van der Waals surface area contributed by atoms with E-state index in [0.717, 1.165) is 22.9 Å². The molecule has 9 heteroatoms. The molecule has 0 unspecified atom stereocenters. The maximum Gasteiger partial charge on any atom is 0.248 e. The number of carbonyl (C=O) groups excluding carboxylic acids is 1. The van der Waals surface area contributed by atoms with Gasteiger partial charge in [0.25, 0.3) is 0 Å². The van der Waals surface area contributed by atoms with Crippen LogP contribution in [0.2, 0.25) is 0 Å². The number of nitrogens with zero attached hydrogens (tertiary/aromatic N) is 4. The van der Waals surface area contributed by atoms with Crippen molar-refractivity contribution < 1.29 is 23.4 Å². The summed E-state index contributed by atoms with van der Waals surface area (Å²) in [4.78, 5) is 24.6. The minimum Gasteiger partial charge on any atom is -0.486 e. The van der Waals surface area contributed by atoms with E-state index >= 15 is 4.39 Å². The van der Waals surface area contributed by atoms with Crippen LogP contribution in [0.5, 0.6) is 5.75 Å². The molecule has 0 spiro atoms. The molecule has 200 valence electrons. The van der Waals surface area contributed by atoms with Crippen molar-refractivity contribution in [3.63, 3.8) is 0 Å². The second-order valence-electron chi connectivity index (χ2n) is 10.9. The Hall–Kier alpha value is -3.59. The molecule has 0 fully saturated rings. The van der Waals surface area contributed by atoms with Gasteiger partial charge in [-0.1, -0.05) is 32.0 Å². The van der Waals surface area contributed by atoms with Crippen molar-refractivity contribution in [2.75, 3.05) is 31.2 Å². The maximum absolute atomic E-state index is 15.0. The molecule has 1 aromatic heterocycles. The third-order valence-corrected chi connectivity index (χ3v) is 7.30. The topological polar surface area (TPSA) is 78.8 Å². The average molecular weight is 523 g/mol. The van der Waals surface area contributed by atoms with Gasteiger partial charge in [0.2, 0.25) is 5.91 Å². The van der Waals surface area contributed by atoms with Crippen LogP contribution < -0.4 is 9.64 Å². The lowest BCUT2D eigenvalue weighted by atomic mass is 9.77. The highest BCUT2D eigenvalue weighted by Crippen LogP contribution is 2.39. The lowest BCUT2D eigenvalue weighted by Crippen LogP contribution is -2.46. The maximum atomic E-state index is 15.0. The number of hydrogen-bond donors (Lipinski definition) is 1. The first-order valence-electron chi connectivity index (χ1n) is 12.8. The number of aliphatic hydroxyl groups excluding tert-OH is 1. The molecule has 0 saturated carbocycles. The number of halogens is 2. The van der Waals surface area contributed by atoms with Crippen LogP contribution in [-0.2, 0) is 23.2 Å². The molecule has 3 heterocycles. The number of aromatic nitrogens is 2. The molecule has 3 aromatic rings. The van der Waals surface area contributed by atoms with Gasteiger partial charge in [0, 0.05) is 36.5 Å². The zero-order valence-electron chi connectivity index (χ0n) is 22.1. The van der Waals surface area contributed by atoms with Crippen LogP contribution in [-0.4, -0.2) is 58.2 Å². The quantitative estimate of drug-likeness (QED) is 0.540. The standard InChI is InChI=1S/C29H32F2N4O3/c1-17(2)35-7-8-38-28-22(30)11-19(12-24(28)35)27-23(31)13-32-25(33-27)10-18-5-6-21-20(9-18)14-34(26(37)15-36)16-29(21,3)4/h5-6,9,11-13,17,36H,7-8,10,14-16H2,1-4H3. The van der Waals surface area contributed by atoms with Crippen LogP contribution in [0, 0.1) is 11.6 Å². The predicted octanol–water partition coefficient (Wildman–Crippen LogP) is 4.23. The van der Waals surface area contributed by atoms with Gasteiger partial charge >= 0.3 is 0 Å². The molecule has 0 bridgehead atoms. The first-order valence-corrected chi connectivity index (χ1v) is 12.8. The minimum absolute atomic E-state index is 0.0322. The van der Waals surface area contributed by atoms with Gasteiger partial charge < -0.3 is 19.6 Å². The van der Waals surface area contributed by atoms with E-state index < -0.39 is 18.2 Å². The van der Waals surface area contributed by atoms with Gasteiger partial charge in [-0.15, -0.1) is 0 Å². The molecule has 1 N–H and O–H groups in total. The van der Waals surface area contributed by atoms with Crippen molar-refractivity contribution in [2.24, 2.45) is 0 Å². The fourth-order valence-electron chi connectivity index (χ4n) is 5.50. The summed E-state index contributed by atoms with van der Waals surface area (Å²) in [6.07, 6.45) is 1.46. The number of benzene rings is 2. The summed E-state index contributed by atoms with van der Waals surface area (Å²) in [7, 11) is 0. The van der Waals surface area contributed by atoms with Gasteiger partial charge in [-0.3, -0.25) is 4.79 Å². The van der Waals surface area contributed by atoms with Crippen LogP contribution in [0.1, 0.15) is 50.2 Å². The second-order valence-corrected chi connectivity index (χ2v) is 10.9. The Labute approximate surface area is 221 Å². The Balaban J connectivity index is 1.47. The molecule has 2 aliphatic rings. The van der Waals surface area contributed by atoms with Crippen LogP contribution in [0.15, 0.2) is 36.5 Å². The minimum atomic E-state index is -0.633. The van der Waals surface area contributed by atoms with Gasteiger partial charge in [-0.25, -0.2) is 18.7 Å². The molecule has 5 rings (SSSR count). The van der Waals surface area contributed by atoms with Crippen molar-refractivity contribution >= 4 is 11.6 Å². The molecule has 0 atom stereocenters. The lowest BCUT2D eigenvalue weighted by molar-refractivity contribution is -0.136. The fraction of sp³-hybridized carbons (Fsp3) is 0.414. The molecule has 0 aliphatic carbocycles. The van der Waals surface area contributed by atoms with Gasteiger partial charge in [-0.05, 0) is 42.7 Å². The number of rotatable bonds is 5. The number of amides is 1.